The second-order valence-electron chi connectivity index (χ2n) is 6.97. The second-order valence-corrected chi connectivity index (χ2v) is 7.83. The Labute approximate surface area is 194 Å². The average Bonchev–Trinajstić information content (AvgIpc) is 3.22. The molecule has 0 unspecified atom stereocenters. The van der Waals surface area contributed by atoms with Crippen LogP contribution in [0.25, 0.3) is 0 Å². The smallest absolute Gasteiger partial charge is 0.259 e. The number of fused-ring (bicyclic) bond motifs is 1. The number of ether oxygens (including phenoxy) is 4. The molecule has 9 nitrogen and oxygen atoms in total. The molecule has 0 aromatic heterocycles. The molecule has 0 bridgehead atoms. The molecule has 10 heteroatoms. The summed E-state index contributed by atoms with van der Waals surface area (Å²) < 4.78 is 22.6. The van der Waals surface area contributed by atoms with Gasteiger partial charge < -0.3 is 24.3 Å². The van der Waals surface area contributed by atoms with Crippen LogP contribution >= 0.6 is 15.9 Å². The van der Waals surface area contributed by atoms with E-state index in [9.17, 15) is 9.59 Å². The fourth-order valence-corrected chi connectivity index (χ4v) is 3.35. The lowest BCUT2D eigenvalue weighted by Crippen LogP contribution is -2.34. The minimum absolute atomic E-state index is 0.0165. The number of halogens is 1. The van der Waals surface area contributed by atoms with E-state index >= 15 is 0 Å². The van der Waals surface area contributed by atoms with E-state index in [1.807, 2.05) is 20.8 Å². The van der Waals surface area contributed by atoms with Crippen LogP contribution in [0, 0.1) is 0 Å². The Hall–Kier alpha value is -3.27. The van der Waals surface area contributed by atoms with E-state index in [0.29, 0.717) is 45.2 Å². The normalized spacial score (nSPS) is 12.2. The topological polar surface area (TPSA) is 107 Å². The molecule has 0 fully saturated rings. The van der Waals surface area contributed by atoms with Crippen LogP contribution in [-0.2, 0) is 4.79 Å². The number of nitrogens with one attached hydrogen (secondary N) is 2. The quantitative estimate of drug-likeness (QED) is 0.400. The molecule has 2 amide bonds. The van der Waals surface area contributed by atoms with E-state index < -0.39 is 11.8 Å². The van der Waals surface area contributed by atoms with Crippen LogP contribution in [0.1, 0.15) is 36.7 Å². The van der Waals surface area contributed by atoms with Crippen molar-refractivity contribution < 1.29 is 28.5 Å². The maximum Gasteiger partial charge on any atom is 0.259 e. The van der Waals surface area contributed by atoms with Gasteiger partial charge in [-0.1, -0.05) is 0 Å². The third kappa shape index (κ3) is 6.13. The molecule has 1 heterocycles. The number of benzene rings is 2. The molecular weight excluding hydrogens is 482 g/mol. The predicted molar refractivity (Wildman–Crippen MR) is 122 cm³/mol. The third-order valence-electron chi connectivity index (χ3n) is 4.13. The van der Waals surface area contributed by atoms with Gasteiger partial charge in [-0.2, -0.15) is 5.10 Å². The van der Waals surface area contributed by atoms with E-state index in [1.165, 1.54) is 6.21 Å². The zero-order chi connectivity index (χ0) is 23.1. The minimum atomic E-state index is -0.473. The molecule has 2 aromatic carbocycles. The maximum absolute atomic E-state index is 12.2. The summed E-state index contributed by atoms with van der Waals surface area (Å²) in [5, 5.41) is 6.48. The fraction of sp³-hybridized carbons (Fsp3) is 0.318. The van der Waals surface area contributed by atoms with Crippen molar-refractivity contribution in [3.8, 4) is 23.0 Å². The second kappa shape index (κ2) is 10.9. The van der Waals surface area contributed by atoms with E-state index in [2.05, 4.69) is 31.8 Å². The lowest BCUT2D eigenvalue weighted by Gasteiger charge is -2.16. The van der Waals surface area contributed by atoms with Gasteiger partial charge in [-0.15, -0.1) is 0 Å². The van der Waals surface area contributed by atoms with Gasteiger partial charge in [0.15, 0.2) is 23.0 Å². The molecule has 0 aliphatic carbocycles. The molecule has 0 atom stereocenters. The van der Waals surface area contributed by atoms with Crippen molar-refractivity contribution in [3.63, 3.8) is 0 Å². The monoisotopic (exact) mass is 505 g/mol. The first kappa shape index (κ1) is 23.4. The standard InChI is InChI=1S/C22H24BrN3O6/c1-4-29-19-8-14(7-16(23)21(19)32-13(2)3)10-25-26-20(27)11-24-22(28)15-5-6-17-18(9-15)31-12-30-17/h5-10,13H,4,11-12H2,1-3H3,(H,24,28)(H,26,27)/b25-10-. The molecule has 32 heavy (non-hydrogen) atoms. The predicted octanol–water partition coefficient (Wildman–Crippen LogP) is 3.24. The summed E-state index contributed by atoms with van der Waals surface area (Å²) in [6.45, 7) is 6.10. The maximum atomic E-state index is 12.2. The lowest BCUT2D eigenvalue weighted by atomic mass is 10.2. The van der Waals surface area contributed by atoms with Crippen LogP contribution in [0.15, 0.2) is 39.9 Å². The summed E-state index contributed by atoms with van der Waals surface area (Å²) in [7, 11) is 0. The van der Waals surface area contributed by atoms with Crippen LogP contribution < -0.4 is 29.7 Å². The fourth-order valence-electron chi connectivity index (χ4n) is 2.79. The van der Waals surface area contributed by atoms with Crippen molar-refractivity contribution in [1.82, 2.24) is 10.7 Å². The highest BCUT2D eigenvalue weighted by Gasteiger charge is 2.17. The minimum Gasteiger partial charge on any atom is -0.490 e. The van der Waals surface area contributed by atoms with Crippen LogP contribution in [0.5, 0.6) is 23.0 Å². The van der Waals surface area contributed by atoms with Gasteiger partial charge in [0.25, 0.3) is 11.8 Å². The largest absolute Gasteiger partial charge is 0.490 e. The van der Waals surface area contributed by atoms with Crippen LogP contribution in [0.3, 0.4) is 0 Å². The summed E-state index contributed by atoms with van der Waals surface area (Å²) in [6.07, 6.45) is 1.46. The Morgan fingerprint density at radius 2 is 2.00 bits per heavy atom. The Bertz CT molecular complexity index is 1020. The van der Waals surface area contributed by atoms with Crippen LogP contribution in [0.2, 0.25) is 0 Å². The van der Waals surface area contributed by atoms with Crippen molar-refractivity contribution in [2.24, 2.45) is 5.10 Å². The number of hydrogen-bond donors (Lipinski definition) is 2. The molecule has 1 aliphatic rings. The highest BCUT2D eigenvalue weighted by atomic mass is 79.9. The highest BCUT2D eigenvalue weighted by molar-refractivity contribution is 9.10. The number of rotatable bonds is 9. The molecule has 0 spiro atoms. The van der Waals surface area contributed by atoms with E-state index in [-0.39, 0.29) is 19.4 Å². The highest BCUT2D eigenvalue weighted by Crippen LogP contribution is 2.37. The van der Waals surface area contributed by atoms with Gasteiger partial charge in [0.05, 0.1) is 29.9 Å². The number of hydrazone groups is 1. The van der Waals surface area contributed by atoms with Gasteiger partial charge in [-0.05, 0) is 72.6 Å². The molecule has 3 rings (SSSR count). The zero-order valence-corrected chi connectivity index (χ0v) is 19.5. The van der Waals surface area contributed by atoms with E-state index in [0.717, 1.165) is 0 Å². The lowest BCUT2D eigenvalue weighted by molar-refractivity contribution is -0.120. The summed E-state index contributed by atoms with van der Waals surface area (Å²) in [6, 6.07) is 8.38. The first-order chi connectivity index (χ1) is 15.4. The summed E-state index contributed by atoms with van der Waals surface area (Å²) in [5.74, 6) is 1.37. The van der Waals surface area contributed by atoms with Crippen molar-refractivity contribution in [2.45, 2.75) is 26.9 Å². The van der Waals surface area contributed by atoms with Crippen molar-refractivity contribution in [3.05, 3.63) is 45.9 Å². The first-order valence-corrected chi connectivity index (χ1v) is 10.8. The van der Waals surface area contributed by atoms with E-state index in [1.54, 1.807) is 30.3 Å². The molecule has 170 valence electrons. The summed E-state index contributed by atoms with van der Waals surface area (Å²) in [5.41, 5.74) is 3.44. The number of carbonyl (C=O) groups is 2. The number of amides is 2. The van der Waals surface area contributed by atoms with Gasteiger partial charge in [0.2, 0.25) is 6.79 Å². The van der Waals surface area contributed by atoms with Crippen LogP contribution in [0.4, 0.5) is 0 Å². The van der Waals surface area contributed by atoms with Crippen LogP contribution in [-0.4, -0.2) is 44.1 Å². The Balaban J connectivity index is 1.55. The Morgan fingerprint density at radius 3 is 2.75 bits per heavy atom. The third-order valence-corrected chi connectivity index (χ3v) is 4.72. The number of carbonyl (C=O) groups excluding carboxylic acids is 2. The molecule has 0 saturated carbocycles. The van der Waals surface area contributed by atoms with Gasteiger partial charge in [0.1, 0.15) is 0 Å². The van der Waals surface area contributed by atoms with Crippen molar-refractivity contribution in [1.29, 1.82) is 0 Å². The van der Waals surface area contributed by atoms with Gasteiger partial charge in [-0.25, -0.2) is 5.43 Å². The first-order valence-electron chi connectivity index (χ1n) is 10.00. The molecular formula is C22H24BrN3O6. The average molecular weight is 506 g/mol. The van der Waals surface area contributed by atoms with Crippen molar-refractivity contribution in [2.75, 3.05) is 19.9 Å². The number of nitrogens with zero attached hydrogens (tertiary/aromatic N) is 1. The van der Waals surface area contributed by atoms with Gasteiger partial charge >= 0.3 is 0 Å². The van der Waals surface area contributed by atoms with E-state index in [4.69, 9.17) is 18.9 Å². The van der Waals surface area contributed by atoms with Crippen molar-refractivity contribution >= 4 is 34.0 Å². The Morgan fingerprint density at radius 1 is 1.22 bits per heavy atom. The molecule has 1 aliphatic heterocycles. The Kier molecular flexibility index (Phi) is 7.93. The molecule has 2 N–H and O–H groups in total. The summed E-state index contributed by atoms with van der Waals surface area (Å²) in [4.78, 5) is 24.3. The molecule has 0 saturated heterocycles. The molecule has 0 radical (unpaired) electrons. The van der Waals surface area contributed by atoms with Gasteiger partial charge in [0, 0.05) is 5.56 Å². The van der Waals surface area contributed by atoms with Gasteiger partial charge in [-0.3, -0.25) is 9.59 Å². The summed E-state index contributed by atoms with van der Waals surface area (Å²) >= 11 is 3.48. The zero-order valence-electron chi connectivity index (χ0n) is 17.9. The number of hydrogen-bond acceptors (Lipinski definition) is 7. The SMILES string of the molecule is CCOc1cc(/C=N\NC(=O)CNC(=O)c2ccc3c(c2)OCO3)cc(Br)c1OC(C)C. The molecule has 2 aromatic rings.